The molecule has 1 saturated heterocycles. The van der Waals surface area contributed by atoms with Crippen molar-refractivity contribution in [3.05, 3.63) is 35.4 Å². The summed E-state index contributed by atoms with van der Waals surface area (Å²) in [6, 6.07) is 5.66. The molecule has 0 amide bonds. The molecule has 1 aromatic carbocycles. The Labute approximate surface area is 117 Å². The third kappa shape index (κ3) is 3.52. The van der Waals surface area contributed by atoms with E-state index >= 15 is 0 Å². The van der Waals surface area contributed by atoms with Crippen molar-refractivity contribution < 1.29 is 13.2 Å². The van der Waals surface area contributed by atoms with Gasteiger partial charge in [0, 0.05) is 6.04 Å². The van der Waals surface area contributed by atoms with Crippen molar-refractivity contribution >= 4 is 0 Å². The topological polar surface area (TPSA) is 29.3 Å². The van der Waals surface area contributed by atoms with Gasteiger partial charge in [-0.15, -0.1) is 0 Å². The van der Waals surface area contributed by atoms with Gasteiger partial charge >= 0.3 is 6.18 Å². The fourth-order valence-electron chi connectivity index (χ4n) is 2.76. The van der Waals surface area contributed by atoms with Crippen LogP contribution < -0.4 is 5.73 Å². The van der Waals surface area contributed by atoms with Crippen LogP contribution in [-0.2, 0) is 6.18 Å². The van der Waals surface area contributed by atoms with Crippen LogP contribution in [0.1, 0.15) is 36.9 Å². The summed E-state index contributed by atoms with van der Waals surface area (Å²) in [7, 11) is 0. The summed E-state index contributed by atoms with van der Waals surface area (Å²) >= 11 is 0. The molecule has 1 aromatic rings. The minimum Gasteiger partial charge on any atom is -0.330 e. The molecule has 1 heterocycles. The average molecular weight is 286 g/mol. The Morgan fingerprint density at radius 2 is 1.95 bits per heavy atom. The van der Waals surface area contributed by atoms with Crippen molar-refractivity contribution in [3.8, 4) is 0 Å². The van der Waals surface area contributed by atoms with Gasteiger partial charge in [0.2, 0.25) is 0 Å². The summed E-state index contributed by atoms with van der Waals surface area (Å²) in [5.41, 5.74) is 5.82. The lowest BCUT2D eigenvalue weighted by molar-refractivity contribution is -0.137. The minimum atomic E-state index is -4.28. The smallest absolute Gasteiger partial charge is 0.330 e. The fourth-order valence-corrected chi connectivity index (χ4v) is 2.76. The molecule has 0 saturated carbocycles. The van der Waals surface area contributed by atoms with Crippen molar-refractivity contribution in [2.24, 2.45) is 11.7 Å². The number of rotatable bonds is 3. The second-order valence-electron chi connectivity index (χ2n) is 5.51. The van der Waals surface area contributed by atoms with Crippen LogP contribution in [-0.4, -0.2) is 24.5 Å². The lowest BCUT2D eigenvalue weighted by Crippen LogP contribution is -2.37. The predicted molar refractivity (Wildman–Crippen MR) is 73.2 cm³/mol. The quantitative estimate of drug-likeness (QED) is 0.922. The highest BCUT2D eigenvalue weighted by Crippen LogP contribution is 2.32. The Morgan fingerprint density at radius 3 is 2.50 bits per heavy atom. The van der Waals surface area contributed by atoms with Crippen LogP contribution in [0.15, 0.2) is 24.3 Å². The Hall–Kier alpha value is -1.07. The number of nitrogens with zero attached hydrogens (tertiary/aromatic N) is 1. The number of hydrogen-bond acceptors (Lipinski definition) is 2. The van der Waals surface area contributed by atoms with Crippen LogP contribution in [0.2, 0.25) is 0 Å². The maximum Gasteiger partial charge on any atom is 0.416 e. The number of alkyl halides is 3. The van der Waals surface area contributed by atoms with Crippen molar-refractivity contribution in [1.29, 1.82) is 0 Å². The molecular weight excluding hydrogens is 265 g/mol. The van der Waals surface area contributed by atoms with Gasteiger partial charge in [0.05, 0.1) is 5.56 Å². The molecule has 2 N–H and O–H groups in total. The van der Waals surface area contributed by atoms with Crippen LogP contribution in [0.3, 0.4) is 0 Å². The third-order valence-electron chi connectivity index (χ3n) is 4.23. The van der Waals surface area contributed by atoms with Crippen LogP contribution in [0.4, 0.5) is 13.2 Å². The molecule has 1 unspecified atom stereocenters. The molecule has 1 fully saturated rings. The van der Waals surface area contributed by atoms with Crippen molar-refractivity contribution in [2.45, 2.75) is 32.0 Å². The predicted octanol–water partition coefficient (Wildman–Crippen LogP) is 3.44. The first-order valence-corrected chi connectivity index (χ1v) is 7.03. The fraction of sp³-hybridized carbons (Fsp3) is 0.600. The van der Waals surface area contributed by atoms with Gasteiger partial charge in [-0.1, -0.05) is 12.1 Å². The Kier molecular flexibility index (Phi) is 4.70. The molecule has 0 aliphatic carbocycles. The Bertz CT molecular complexity index is 437. The summed E-state index contributed by atoms with van der Waals surface area (Å²) in [5, 5.41) is 0. The van der Waals surface area contributed by atoms with Crippen LogP contribution in [0, 0.1) is 5.92 Å². The zero-order valence-electron chi connectivity index (χ0n) is 11.7. The van der Waals surface area contributed by atoms with E-state index in [2.05, 4.69) is 4.90 Å². The third-order valence-corrected chi connectivity index (χ3v) is 4.23. The molecule has 20 heavy (non-hydrogen) atoms. The van der Waals surface area contributed by atoms with Crippen molar-refractivity contribution in [1.82, 2.24) is 4.90 Å². The Balaban J connectivity index is 2.08. The molecule has 2 nitrogen and oxygen atoms in total. The number of piperidine rings is 1. The normalized spacial score (nSPS) is 20.1. The van der Waals surface area contributed by atoms with Gasteiger partial charge in [-0.3, -0.25) is 4.90 Å². The molecule has 0 bridgehead atoms. The average Bonchev–Trinajstić information content (AvgIpc) is 2.46. The van der Waals surface area contributed by atoms with E-state index in [0.717, 1.165) is 37.6 Å². The minimum absolute atomic E-state index is 0.0102. The zero-order valence-corrected chi connectivity index (χ0v) is 11.7. The highest BCUT2D eigenvalue weighted by Gasteiger charge is 2.31. The molecule has 0 spiro atoms. The highest BCUT2D eigenvalue weighted by atomic mass is 19.4. The van der Waals surface area contributed by atoms with Gasteiger partial charge in [0.15, 0.2) is 0 Å². The first-order chi connectivity index (χ1) is 9.41. The van der Waals surface area contributed by atoms with Gasteiger partial charge < -0.3 is 5.73 Å². The zero-order chi connectivity index (χ0) is 14.8. The molecule has 1 aliphatic rings. The largest absolute Gasteiger partial charge is 0.416 e. The number of benzene rings is 1. The van der Waals surface area contributed by atoms with E-state index in [1.54, 1.807) is 6.07 Å². The van der Waals surface area contributed by atoms with Crippen molar-refractivity contribution in [2.75, 3.05) is 19.6 Å². The van der Waals surface area contributed by atoms with E-state index in [9.17, 15) is 13.2 Å². The van der Waals surface area contributed by atoms with Gasteiger partial charge in [-0.05, 0) is 63.0 Å². The van der Waals surface area contributed by atoms with Crippen LogP contribution in [0.25, 0.3) is 0 Å². The Morgan fingerprint density at radius 1 is 1.30 bits per heavy atom. The van der Waals surface area contributed by atoms with Crippen LogP contribution >= 0.6 is 0 Å². The van der Waals surface area contributed by atoms with E-state index in [0.29, 0.717) is 12.5 Å². The molecule has 0 radical (unpaired) electrons. The first kappa shape index (κ1) is 15.3. The summed E-state index contributed by atoms with van der Waals surface area (Å²) in [4.78, 5) is 2.24. The number of halogens is 3. The van der Waals surface area contributed by atoms with Gasteiger partial charge in [0.25, 0.3) is 0 Å². The van der Waals surface area contributed by atoms with Crippen molar-refractivity contribution in [3.63, 3.8) is 0 Å². The SMILES string of the molecule is CC(c1cccc(C(F)(F)F)c1)N1CCC(CN)CC1. The number of likely N-dealkylation sites (tertiary alicyclic amines) is 1. The summed E-state index contributed by atoms with van der Waals surface area (Å²) < 4.78 is 38.2. The molecule has 5 heteroatoms. The number of nitrogens with two attached hydrogens (primary N) is 1. The van der Waals surface area contributed by atoms with E-state index < -0.39 is 11.7 Å². The molecule has 1 atom stereocenters. The summed E-state index contributed by atoms with van der Waals surface area (Å²) in [5.74, 6) is 0.556. The molecule has 2 rings (SSSR count). The van der Waals surface area contributed by atoms with E-state index in [4.69, 9.17) is 5.73 Å². The second-order valence-corrected chi connectivity index (χ2v) is 5.51. The second kappa shape index (κ2) is 6.14. The maximum atomic E-state index is 12.7. The first-order valence-electron chi connectivity index (χ1n) is 7.03. The highest BCUT2D eigenvalue weighted by molar-refractivity contribution is 5.27. The lowest BCUT2D eigenvalue weighted by Gasteiger charge is -2.36. The van der Waals surface area contributed by atoms with E-state index in [-0.39, 0.29) is 6.04 Å². The molecular formula is C15H21F3N2. The maximum absolute atomic E-state index is 12.7. The van der Waals surface area contributed by atoms with Gasteiger partial charge in [-0.25, -0.2) is 0 Å². The lowest BCUT2D eigenvalue weighted by atomic mass is 9.94. The molecule has 0 aromatic heterocycles. The standard InChI is InChI=1S/C15H21F3N2/c1-11(20-7-5-12(10-19)6-8-20)13-3-2-4-14(9-13)15(16,17)18/h2-4,9,11-12H,5-8,10,19H2,1H3. The number of hydrogen-bond donors (Lipinski definition) is 1. The van der Waals surface area contributed by atoms with Gasteiger partial charge in [0.1, 0.15) is 0 Å². The monoisotopic (exact) mass is 286 g/mol. The summed E-state index contributed by atoms with van der Waals surface area (Å²) in [6.07, 6.45) is -2.22. The van der Waals surface area contributed by atoms with Gasteiger partial charge in [-0.2, -0.15) is 13.2 Å². The summed E-state index contributed by atoms with van der Waals surface area (Å²) in [6.45, 7) is 4.47. The van der Waals surface area contributed by atoms with E-state index in [1.165, 1.54) is 12.1 Å². The van der Waals surface area contributed by atoms with E-state index in [1.807, 2.05) is 6.92 Å². The van der Waals surface area contributed by atoms with Crippen LogP contribution in [0.5, 0.6) is 0 Å². The molecule has 1 aliphatic heterocycles. The molecule has 112 valence electrons.